The Morgan fingerprint density at radius 3 is 2.83 bits per heavy atom. The van der Waals surface area contributed by atoms with Crippen LogP contribution in [0.4, 0.5) is 0 Å². The summed E-state index contributed by atoms with van der Waals surface area (Å²) >= 11 is 8.02. The van der Waals surface area contributed by atoms with Gasteiger partial charge in [-0.05, 0) is 46.9 Å². The third-order valence-electron chi connectivity index (χ3n) is 2.38. The van der Waals surface area contributed by atoms with Crippen LogP contribution in [0.2, 0.25) is 5.02 Å². The SMILES string of the molecule is COc1cncc(C(=O)c2cc(Cl)ccc2I)c1. The molecule has 1 heterocycles. The summed E-state index contributed by atoms with van der Waals surface area (Å²) in [5, 5.41) is 0.537. The number of carbonyl (C=O) groups is 1. The van der Waals surface area contributed by atoms with E-state index in [9.17, 15) is 4.79 Å². The molecule has 0 N–H and O–H groups in total. The Morgan fingerprint density at radius 1 is 1.33 bits per heavy atom. The molecule has 92 valence electrons. The molecule has 0 saturated carbocycles. The van der Waals surface area contributed by atoms with Crippen molar-refractivity contribution in [2.45, 2.75) is 0 Å². The number of hydrogen-bond donors (Lipinski definition) is 0. The van der Waals surface area contributed by atoms with Gasteiger partial charge in [0, 0.05) is 25.9 Å². The normalized spacial score (nSPS) is 10.2. The Bertz CT molecular complexity index is 601. The smallest absolute Gasteiger partial charge is 0.195 e. The van der Waals surface area contributed by atoms with Crippen LogP contribution in [0.25, 0.3) is 0 Å². The fourth-order valence-corrected chi connectivity index (χ4v) is 2.23. The number of pyridine rings is 1. The van der Waals surface area contributed by atoms with Crippen LogP contribution >= 0.6 is 34.2 Å². The lowest BCUT2D eigenvalue weighted by Gasteiger charge is -2.05. The topological polar surface area (TPSA) is 39.2 Å². The van der Waals surface area contributed by atoms with Gasteiger partial charge in [-0.15, -0.1) is 0 Å². The molecule has 0 saturated heterocycles. The van der Waals surface area contributed by atoms with Crippen LogP contribution in [0.1, 0.15) is 15.9 Å². The fourth-order valence-electron chi connectivity index (χ4n) is 1.48. The van der Waals surface area contributed by atoms with Crippen LogP contribution in [-0.2, 0) is 0 Å². The lowest BCUT2D eigenvalue weighted by atomic mass is 10.1. The molecule has 0 unspecified atom stereocenters. The Hall–Kier alpha value is -1.14. The van der Waals surface area contributed by atoms with Gasteiger partial charge in [0.05, 0.1) is 13.3 Å². The van der Waals surface area contributed by atoms with Crippen molar-refractivity contribution in [2.75, 3.05) is 7.11 Å². The lowest BCUT2D eigenvalue weighted by Crippen LogP contribution is -2.04. The molecule has 0 aliphatic rings. The number of methoxy groups -OCH3 is 1. The molecule has 1 aromatic carbocycles. The summed E-state index contributed by atoms with van der Waals surface area (Å²) < 4.78 is 5.90. The number of ether oxygens (including phenoxy) is 1. The van der Waals surface area contributed by atoms with Crippen molar-refractivity contribution in [2.24, 2.45) is 0 Å². The molecule has 0 amide bonds. The standard InChI is InChI=1S/C13H9ClINO2/c1-18-10-4-8(6-16-7-10)13(17)11-5-9(14)2-3-12(11)15/h2-7H,1H3. The largest absolute Gasteiger partial charge is 0.495 e. The number of carbonyl (C=O) groups excluding carboxylic acids is 1. The van der Waals surface area contributed by atoms with Crippen LogP contribution in [0.3, 0.4) is 0 Å². The molecule has 3 nitrogen and oxygen atoms in total. The van der Waals surface area contributed by atoms with Crippen LogP contribution in [-0.4, -0.2) is 17.9 Å². The maximum atomic E-state index is 12.3. The Balaban J connectivity index is 2.44. The van der Waals surface area contributed by atoms with Gasteiger partial charge in [0.2, 0.25) is 0 Å². The Labute approximate surface area is 123 Å². The predicted molar refractivity (Wildman–Crippen MR) is 78.4 cm³/mol. The quantitative estimate of drug-likeness (QED) is 0.610. The number of ketones is 1. The zero-order valence-electron chi connectivity index (χ0n) is 9.48. The highest BCUT2D eigenvalue weighted by Gasteiger charge is 2.14. The second-order valence-corrected chi connectivity index (χ2v) is 5.17. The highest BCUT2D eigenvalue weighted by Crippen LogP contribution is 2.22. The van der Waals surface area contributed by atoms with E-state index in [1.807, 2.05) is 6.07 Å². The van der Waals surface area contributed by atoms with Gasteiger partial charge in [0.1, 0.15) is 5.75 Å². The van der Waals surface area contributed by atoms with Crippen LogP contribution in [0, 0.1) is 3.57 Å². The maximum absolute atomic E-state index is 12.3. The minimum atomic E-state index is -0.117. The lowest BCUT2D eigenvalue weighted by molar-refractivity contribution is 0.103. The third-order valence-corrected chi connectivity index (χ3v) is 3.56. The second-order valence-electron chi connectivity index (χ2n) is 3.57. The van der Waals surface area contributed by atoms with E-state index in [2.05, 4.69) is 27.6 Å². The Morgan fingerprint density at radius 2 is 2.11 bits per heavy atom. The molecular formula is C13H9ClINO2. The van der Waals surface area contributed by atoms with Crippen molar-refractivity contribution in [3.63, 3.8) is 0 Å². The molecule has 0 spiro atoms. The summed E-state index contributed by atoms with van der Waals surface area (Å²) in [5.74, 6) is 0.436. The monoisotopic (exact) mass is 373 g/mol. The maximum Gasteiger partial charge on any atom is 0.195 e. The summed E-state index contributed by atoms with van der Waals surface area (Å²) in [6, 6.07) is 6.88. The van der Waals surface area contributed by atoms with E-state index in [1.165, 1.54) is 13.3 Å². The van der Waals surface area contributed by atoms with E-state index in [0.717, 1.165) is 3.57 Å². The minimum absolute atomic E-state index is 0.117. The molecule has 18 heavy (non-hydrogen) atoms. The highest BCUT2D eigenvalue weighted by atomic mass is 127. The predicted octanol–water partition coefficient (Wildman–Crippen LogP) is 3.58. The van der Waals surface area contributed by atoms with Crippen LogP contribution in [0.5, 0.6) is 5.75 Å². The molecular weight excluding hydrogens is 365 g/mol. The summed E-state index contributed by atoms with van der Waals surface area (Å²) in [6.07, 6.45) is 3.07. The number of hydrogen-bond acceptors (Lipinski definition) is 3. The van der Waals surface area contributed by atoms with Gasteiger partial charge in [-0.1, -0.05) is 11.6 Å². The summed E-state index contributed by atoms with van der Waals surface area (Å²) in [7, 11) is 1.54. The molecule has 1 aromatic heterocycles. The van der Waals surface area contributed by atoms with E-state index < -0.39 is 0 Å². The summed E-state index contributed by atoms with van der Waals surface area (Å²) in [5.41, 5.74) is 1.05. The minimum Gasteiger partial charge on any atom is -0.495 e. The van der Waals surface area contributed by atoms with Crippen LogP contribution in [0.15, 0.2) is 36.7 Å². The zero-order chi connectivity index (χ0) is 13.1. The number of rotatable bonds is 3. The van der Waals surface area contributed by atoms with Gasteiger partial charge in [-0.25, -0.2) is 0 Å². The average Bonchev–Trinajstić information content (AvgIpc) is 2.41. The molecule has 2 aromatic rings. The van der Waals surface area contributed by atoms with Crippen molar-refractivity contribution < 1.29 is 9.53 Å². The van der Waals surface area contributed by atoms with Gasteiger partial charge in [0.15, 0.2) is 5.78 Å². The van der Waals surface area contributed by atoms with E-state index in [0.29, 0.717) is 21.9 Å². The summed E-state index contributed by atoms with van der Waals surface area (Å²) in [4.78, 5) is 16.3. The molecule has 0 bridgehead atoms. The molecule has 0 aliphatic heterocycles. The van der Waals surface area contributed by atoms with Gasteiger partial charge >= 0.3 is 0 Å². The van der Waals surface area contributed by atoms with Crippen molar-refractivity contribution in [1.82, 2.24) is 4.98 Å². The molecule has 2 rings (SSSR count). The highest BCUT2D eigenvalue weighted by molar-refractivity contribution is 14.1. The van der Waals surface area contributed by atoms with Crippen molar-refractivity contribution in [1.29, 1.82) is 0 Å². The van der Waals surface area contributed by atoms with E-state index in [4.69, 9.17) is 16.3 Å². The van der Waals surface area contributed by atoms with E-state index >= 15 is 0 Å². The van der Waals surface area contributed by atoms with Gasteiger partial charge in [0.25, 0.3) is 0 Å². The van der Waals surface area contributed by atoms with Crippen LogP contribution < -0.4 is 4.74 Å². The summed E-state index contributed by atoms with van der Waals surface area (Å²) in [6.45, 7) is 0. The molecule has 0 atom stereocenters. The molecule has 0 aliphatic carbocycles. The van der Waals surface area contributed by atoms with E-state index in [-0.39, 0.29) is 5.78 Å². The van der Waals surface area contributed by atoms with Gasteiger partial charge in [-0.3, -0.25) is 9.78 Å². The van der Waals surface area contributed by atoms with Crippen molar-refractivity contribution in [3.8, 4) is 5.75 Å². The third kappa shape index (κ3) is 2.81. The number of nitrogens with zero attached hydrogens (tertiary/aromatic N) is 1. The average molecular weight is 374 g/mol. The first kappa shape index (κ1) is 13.3. The molecule has 0 radical (unpaired) electrons. The van der Waals surface area contributed by atoms with Gasteiger partial charge in [-0.2, -0.15) is 0 Å². The number of halogens is 2. The Kier molecular flexibility index (Phi) is 4.19. The van der Waals surface area contributed by atoms with Crippen molar-refractivity contribution in [3.05, 3.63) is 56.4 Å². The first-order valence-electron chi connectivity index (χ1n) is 5.10. The van der Waals surface area contributed by atoms with Gasteiger partial charge < -0.3 is 4.74 Å². The first-order chi connectivity index (χ1) is 8.61. The number of benzene rings is 1. The van der Waals surface area contributed by atoms with Crippen molar-refractivity contribution >= 4 is 40.0 Å². The molecule has 5 heteroatoms. The first-order valence-corrected chi connectivity index (χ1v) is 6.56. The zero-order valence-corrected chi connectivity index (χ0v) is 12.4. The fraction of sp³-hybridized carbons (Fsp3) is 0.0769. The second kappa shape index (κ2) is 5.67. The van der Waals surface area contributed by atoms with E-state index in [1.54, 1.807) is 24.4 Å². The molecule has 0 fully saturated rings. The number of aromatic nitrogens is 1.